The van der Waals surface area contributed by atoms with E-state index in [0.29, 0.717) is 15.9 Å². The van der Waals surface area contributed by atoms with Gasteiger partial charge in [0.15, 0.2) is 6.61 Å². The Hall–Kier alpha value is -2.39. The Balaban J connectivity index is 2.12. The van der Waals surface area contributed by atoms with Crippen LogP contribution in [-0.2, 0) is 14.4 Å². The predicted molar refractivity (Wildman–Crippen MR) is 89.2 cm³/mol. The Morgan fingerprint density at radius 1 is 1.38 bits per heavy atom. The third kappa shape index (κ3) is 4.12. The van der Waals surface area contributed by atoms with Gasteiger partial charge >= 0.3 is 0 Å². The lowest BCUT2D eigenvalue weighted by atomic mass is 10.3. The van der Waals surface area contributed by atoms with Crippen molar-refractivity contribution in [2.24, 2.45) is 0 Å². The molecule has 1 aliphatic heterocycles. The Bertz CT molecular complexity index is 704. The lowest BCUT2D eigenvalue weighted by Gasteiger charge is -2.14. The number of carbonyl (C=O) groups is 3. The average Bonchev–Trinajstić information content (AvgIpc) is 2.83. The average molecular weight is 398 g/mol. The SMILES string of the molecule is CNC(=O)COc1ccc(Br)c(NC2=CC(=O)N(CCO)C2=O)c1. The zero-order valence-corrected chi connectivity index (χ0v) is 14.4. The fourth-order valence-electron chi connectivity index (χ4n) is 1.97. The van der Waals surface area contributed by atoms with Crippen molar-refractivity contribution < 1.29 is 24.2 Å². The molecule has 0 saturated heterocycles. The van der Waals surface area contributed by atoms with Crippen LogP contribution in [0.3, 0.4) is 0 Å². The fourth-order valence-corrected chi connectivity index (χ4v) is 2.31. The third-order valence-electron chi connectivity index (χ3n) is 3.19. The summed E-state index contributed by atoms with van der Waals surface area (Å²) in [5.74, 6) is -0.849. The summed E-state index contributed by atoms with van der Waals surface area (Å²) in [6, 6.07) is 4.95. The van der Waals surface area contributed by atoms with Crippen LogP contribution in [0.15, 0.2) is 34.4 Å². The van der Waals surface area contributed by atoms with E-state index < -0.39 is 11.8 Å². The number of halogens is 1. The van der Waals surface area contributed by atoms with Gasteiger partial charge in [-0.25, -0.2) is 0 Å². The van der Waals surface area contributed by atoms with Crippen LogP contribution in [0.25, 0.3) is 0 Å². The summed E-state index contributed by atoms with van der Waals surface area (Å²) < 4.78 is 5.99. The number of nitrogens with one attached hydrogen (secondary N) is 2. The summed E-state index contributed by atoms with van der Waals surface area (Å²) in [5, 5.41) is 14.2. The van der Waals surface area contributed by atoms with Crippen LogP contribution in [-0.4, -0.2) is 54.5 Å². The van der Waals surface area contributed by atoms with Gasteiger partial charge in [0.2, 0.25) is 0 Å². The van der Waals surface area contributed by atoms with Gasteiger partial charge in [-0.3, -0.25) is 19.3 Å². The molecule has 8 nitrogen and oxygen atoms in total. The highest BCUT2D eigenvalue weighted by Gasteiger charge is 2.30. The first-order valence-corrected chi connectivity index (χ1v) is 7.84. The molecule has 0 aromatic heterocycles. The van der Waals surface area contributed by atoms with Crippen molar-refractivity contribution in [2.75, 3.05) is 32.1 Å². The summed E-state index contributed by atoms with van der Waals surface area (Å²) in [6.45, 7) is -0.497. The standard InChI is InChI=1S/C15H16BrN3O5/c1-17-13(21)8-24-9-2-3-10(16)11(6-9)18-12-7-14(22)19(4-5-20)15(12)23/h2-3,6-7,18,20H,4-5,8H2,1H3,(H,17,21). The number of ether oxygens (including phenoxy) is 1. The van der Waals surface area contributed by atoms with Crippen LogP contribution in [0.4, 0.5) is 5.69 Å². The second-order valence-corrected chi connectivity index (χ2v) is 5.66. The Morgan fingerprint density at radius 2 is 2.12 bits per heavy atom. The molecule has 0 fully saturated rings. The number of hydrogen-bond donors (Lipinski definition) is 3. The topological polar surface area (TPSA) is 108 Å². The van der Waals surface area contributed by atoms with Gasteiger partial charge < -0.3 is 20.5 Å². The van der Waals surface area contributed by atoms with Crippen LogP contribution in [0.5, 0.6) is 5.75 Å². The highest BCUT2D eigenvalue weighted by molar-refractivity contribution is 9.10. The first kappa shape index (κ1) is 18.0. The molecule has 24 heavy (non-hydrogen) atoms. The number of aliphatic hydroxyl groups excluding tert-OH is 1. The molecule has 0 aliphatic carbocycles. The van der Waals surface area contributed by atoms with E-state index in [1.165, 1.54) is 13.1 Å². The maximum absolute atomic E-state index is 12.1. The van der Waals surface area contributed by atoms with Gasteiger partial charge in [-0.05, 0) is 28.1 Å². The van der Waals surface area contributed by atoms with Gasteiger partial charge in [-0.1, -0.05) is 0 Å². The van der Waals surface area contributed by atoms with Gasteiger partial charge in [0.25, 0.3) is 17.7 Å². The van der Waals surface area contributed by atoms with E-state index in [2.05, 4.69) is 26.6 Å². The Labute approximate surface area is 146 Å². The monoisotopic (exact) mass is 397 g/mol. The second kappa shape index (κ2) is 7.93. The third-order valence-corrected chi connectivity index (χ3v) is 3.88. The van der Waals surface area contributed by atoms with Crippen molar-refractivity contribution in [3.8, 4) is 5.75 Å². The molecule has 2 rings (SSSR count). The lowest BCUT2D eigenvalue weighted by Crippen LogP contribution is -2.34. The summed E-state index contributed by atoms with van der Waals surface area (Å²) in [7, 11) is 1.51. The highest BCUT2D eigenvalue weighted by Crippen LogP contribution is 2.29. The maximum Gasteiger partial charge on any atom is 0.277 e. The second-order valence-electron chi connectivity index (χ2n) is 4.81. The number of amides is 3. The number of hydrogen-bond acceptors (Lipinski definition) is 6. The summed E-state index contributed by atoms with van der Waals surface area (Å²) in [5.41, 5.74) is 0.597. The quantitative estimate of drug-likeness (QED) is 0.568. The molecule has 9 heteroatoms. The molecule has 1 aromatic rings. The van der Waals surface area contributed by atoms with Gasteiger partial charge in [0, 0.05) is 23.7 Å². The molecule has 3 N–H and O–H groups in total. The molecule has 0 bridgehead atoms. The molecular weight excluding hydrogens is 382 g/mol. The number of likely N-dealkylation sites (N-methyl/N-ethyl adjacent to an activating group) is 1. The van der Waals surface area contributed by atoms with E-state index in [0.717, 1.165) is 4.90 Å². The minimum absolute atomic E-state index is 0.0597. The molecule has 0 unspecified atom stereocenters. The molecule has 1 aromatic carbocycles. The minimum atomic E-state index is -0.516. The zero-order chi connectivity index (χ0) is 17.7. The molecule has 128 valence electrons. The highest BCUT2D eigenvalue weighted by atomic mass is 79.9. The first-order chi connectivity index (χ1) is 11.5. The lowest BCUT2D eigenvalue weighted by molar-refractivity contribution is -0.137. The van der Waals surface area contributed by atoms with Crippen LogP contribution in [0.1, 0.15) is 0 Å². The molecule has 0 radical (unpaired) electrons. The molecule has 0 saturated carbocycles. The maximum atomic E-state index is 12.1. The Kier molecular flexibility index (Phi) is 5.93. The van der Waals surface area contributed by atoms with Crippen molar-refractivity contribution in [1.82, 2.24) is 10.2 Å². The number of rotatable bonds is 7. The van der Waals surface area contributed by atoms with Gasteiger partial charge in [0.05, 0.1) is 18.8 Å². The number of anilines is 1. The summed E-state index contributed by atoms with van der Waals surface area (Å²) >= 11 is 3.34. The number of carbonyl (C=O) groups excluding carboxylic acids is 3. The first-order valence-electron chi connectivity index (χ1n) is 7.04. The smallest absolute Gasteiger partial charge is 0.277 e. The largest absolute Gasteiger partial charge is 0.484 e. The van der Waals surface area contributed by atoms with E-state index in [1.807, 2.05) is 0 Å². The zero-order valence-electron chi connectivity index (χ0n) is 12.8. The van der Waals surface area contributed by atoms with Gasteiger partial charge in [-0.15, -0.1) is 0 Å². The number of aliphatic hydroxyl groups is 1. The number of benzene rings is 1. The number of nitrogens with zero attached hydrogens (tertiary/aromatic N) is 1. The summed E-state index contributed by atoms with van der Waals surface area (Å²) in [6.07, 6.45) is 1.17. The van der Waals surface area contributed by atoms with Crippen molar-refractivity contribution in [3.05, 3.63) is 34.4 Å². The van der Waals surface area contributed by atoms with E-state index in [-0.39, 0.29) is 31.4 Å². The van der Waals surface area contributed by atoms with Crippen molar-refractivity contribution >= 4 is 39.3 Å². The summed E-state index contributed by atoms with van der Waals surface area (Å²) in [4.78, 5) is 36.0. The van der Waals surface area contributed by atoms with Crippen LogP contribution < -0.4 is 15.4 Å². The van der Waals surface area contributed by atoms with E-state index in [1.54, 1.807) is 18.2 Å². The van der Waals surface area contributed by atoms with E-state index in [4.69, 9.17) is 9.84 Å². The molecule has 0 spiro atoms. The molecule has 3 amide bonds. The normalized spacial score (nSPS) is 13.8. The fraction of sp³-hybridized carbons (Fsp3) is 0.267. The number of imide groups is 1. The Morgan fingerprint density at radius 3 is 2.79 bits per heavy atom. The van der Waals surface area contributed by atoms with E-state index >= 15 is 0 Å². The van der Waals surface area contributed by atoms with Gasteiger partial charge in [-0.2, -0.15) is 0 Å². The molecular formula is C15H16BrN3O5. The predicted octanol–water partition coefficient (Wildman–Crippen LogP) is 0.231. The minimum Gasteiger partial charge on any atom is -0.484 e. The van der Waals surface area contributed by atoms with Crippen LogP contribution in [0.2, 0.25) is 0 Å². The van der Waals surface area contributed by atoms with Crippen molar-refractivity contribution in [1.29, 1.82) is 0 Å². The van der Waals surface area contributed by atoms with E-state index in [9.17, 15) is 14.4 Å². The number of β-amino-alcohol motifs (C(OH)–C–C–N with tert-alkyl or cyclic N) is 1. The van der Waals surface area contributed by atoms with Crippen LogP contribution >= 0.6 is 15.9 Å². The molecule has 1 aliphatic rings. The van der Waals surface area contributed by atoms with Crippen molar-refractivity contribution in [2.45, 2.75) is 0 Å². The van der Waals surface area contributed by atoms with Crippen molar-refractivity contribution in [3.63, 3.8) is 0 Å². The molecule has 1 heterocycles. The van der Waals surface area contributed by atoms with Gasteiger partial charge in [0.1, 0.15) is 11.4 Å². The molecule has 0 atom stereocenters. The van der Waals surface area contributed by atoms with Crippen LogP contribution in [0, 0.1) is 0 Å².